The van der Waals surface area contributed by atoms with Crippen LogP contribution < -0.4 is 0 Å². The summed E-state index contributed by atoms with van der Waals surface area (Å²) in [5.41, 5.74) is 3.01. The van der Waals surface area contributed by atoms with Crippen LogP contribution in [0.5, 0.6) is 0 Å². The van der Waals surface area contributed by atoms with Gasteiger partial charge in [-0.05, 0) is 50.2 Å². The van der Waals surface area contributed by atoms with E-state index >= 15 is 0 Å². The molecular formula is C20H29N3O. The maximum atomic E-state index is 9.28. The zero-order valence-corrected chi connectivity index (χ0v) is 14.7. The van der Waals surface area contributed by atoms with Crippen LogP contribution in [0.2, 0.25) is 0 Å². The van der Waals surface area contributed by atoms with Gasteiger partial charge in [-0.2, -0.15) is 0 Å². The summed E-state index contributed by atoms with van der Waals surface area (Å²) >= 11 is 0. The summed E-state index contributed by atoms with van der Waals surface area (Å²) in [5.74, 6) is 1.08. The number of aliphatic hydroxyl groups is 1. The van der Waals surface area contributed by atoms with Gasteiger partial charge in [-0.25, -0.2) is 4.98 Å². The highest BCUT2D eigenvalue weighted by Gasteiger charge is 2.25. The fraction of sp³-hybridized carbons (Fsp3) is 0.550. The monoisotopic (exact) mass is 327 g/mol. The molecule has 2 aromatic rings. The Morgan fingerprint density at radius 2 is 2.08 bits per heavy atom. The number of hydrogen-bond acceptors (Lipinski definition) is 3. The van der Waals surface area contributed by atoms with Gasteiger partial charge in [0.15, 0.2) is 0 Å². The van der Waals surface area contributed by atoms with Gasteiger partial charge in [-0.3, -0.25) is 4.90 Å². The van der Waals surface area contributed by atoms with Crippen molar-refractivity contribution < 1.29 is 5.11 Å². The standard InChI is InChI=1S/C20H29N3O/c1-17-21-11-15-22(17)12-5-13-23(14-6-16-24)20-10-4-8-18-7-2-3-9-19(18)20/h2-3,7,9,11,15,20,24H,4-6,8,10,12-14,16H2,1H3. The number of rotatable bonds is 8. The lowest BCUT2D eigenvalue weighted by Gasteiger charge is -2.36. The van der Waals surface area contributed by atoms with Crippen molar-refractivity contribution in [3.05, 3.63) is 53.6 Å². The molecule has 0 saturated heterocycles. The summed E-state index contributed by atoms with van der Waals surface area (Å²) in [6.45, 7) is 5.37. The number of aliphatic hydroxyl groups excluding tert-OH is 1. The van der Waals surface area contributed by atoms with Crippen LogP contribution in [0.4, 0.5) is 0 Å². The molecule has 1 aliphatic rings. The van der Waals surface area contributed by atoms with Crippen LogP contribution in [0.15, 0.2) is 36.7 Å². The first-order valence-electron chi connectivity index (χ1n) is 9.20. The normalized spacial score (nSPS) is 17.2. The first-order valence-corrected chi connectivity index (χ1v) is 9.20. The second-order valence-electron chi connectivity index (χ2n) is 6.74. The Balaban J connectivity index is 1.66. The third kappa shape index (κ3) is 4.05. The van der Waals surface area contributed by atoms with Crippen molar-refractivity contribution in [1.29, 1.82) is 0 Å². The highest BCUT2D eigenvalue weighted by Crippen LogP contribution is 2.34. The van der Waals surface area contributed by atoms with E-state index in [1.165, 1.54) is 30.4 Å². The molecule has 1 heterocycles. The molecule has 0 bridgehead atoms. The van der Waals surface area contributed by atoms with Gasteiger partial charge in [0.1, 0.15) is 5.82 Å². The smallest absolute Gasteiger partial charge is 0.105 e. The van der Waals surface area contributed by atoms with Gasteiger partial charge in [0, 0.05) is 44.7 Å². The summed E-state index contributed by atoms with van der Waals surface area (Å²) in [6, 6.07) is 9.40. The fourth-order valence-corrected chi connectivity index (χ4v) is 3.89. The van der Waals surface area contributed by atoms with Gasteiger partial charge in [0.2, 0.25) is 0 Å². The minimum absolute atomic E-state index is 0.269. The van der Waals surface area contributed by atoms with Crippen LogP contribution in [0, 0.1) is 6.92 Å². The SMILES string of the molecule is Cc1nccn1CCCN(CCCO)C1CCCc2ccccc21. The Labute approximate surface area is 145 Å². The highest BCUT2D eigenvalue weighted by atomic mass is 16.3. The molecule has 1 aliphatic carbocycles. The molecule has 0 amide bonds. The zero-order chi connectivity index (χ0) is 16.8. The number of imidazole rings is 1. The van der Waals surface area contributed by atoms with E-state index in [-0.39, 0.29) is 6.61 Å². The molecule has 1 atom stereocenters. The summed E-state index contributed by atoms with van der Waals surface area (Å²) in [4.78, 5) is 6.88. The van der Waals surface area contributed by atoms with E-state index in [2.05, 4.69) is 51.8 Å². The van der Waals surface area contributed by atoms with Crippen molar-refractivity contribution >= 4 is 0 Å². The van der Waals surface area contributed by atoms with Crippen LogP contribution in [0.25, 0.3) is 0 Å². The molecular weight excluding hydrogens is 298 g/mol. The molecule has 1 unspecified atom stereocenters. The van der Waals surface area contributed by atoms with Crippen LogP contribution in [-0.2, 0) is 13.0 Å². The van der Waals surface area contributed by atoms with Crippen LogP contribution in [0.1, 0.15) is 48.7 Å². The van der Waals surface area contributed by atoms with Crippen molar-refractivity contribution in [2.45, 2.75) is 51.6 Å². The molecule has 0 fully saturated rings. The van der Waals surface area contributed by atoms with Crippen molar-refractivity contribution in [3.8, 4) is 0 Å². The molecule has 1 aromatic carbocycles. The Hall–Kier alpha value is -1.65. The summed E-state index contributed by atoms with van der Waals surface area (Å²) in [5, 5.41) is 9.28. The van der Waals surface area contributed by atoms with Gasteiger partial charge in [0.05, 0.1) is 0 Å². The van der Waals surface area contributed by atoms with E-state index in [9.17, 15) is 5.11 Å². The molecule has 4 heteroatoms. The molecule has 0 saturated carbocycles. The molecule has 1 N–H and O–H groups in total. The summed E-state index contributed by atoms with van der Waals surface area (Å²) in [7, 11) is 0. The first kappa shape index (κ1) is 17.2. The predicted octanol–water partition coefficient (Wildman–Crippen LogP) is 3.34. The van der Waals surface area contributed by atoms with Crippen molar-refractivity contribution in [1.82, 2.24) is 14.5 Å². The van der Waals surface area contributed by atoms with Gasteiger partial charge in [-0.1, -0.05) is 24.3 Å². The summed E-state index contributed by atoms with van der Waals surface area (Å²) < 4.78 is 2.22. The molecule has 4 nitrogen and oxygen atoms in total. The average molecular weight is 327 g/mol. The highest BCUT2D eigenvalue weighted by molar-refractivity contribution is 5.32. The van der Waals surface area contributed by atoms with E-state index in [0.29, 0.717) is 6.04 Å². The Bertz CT molecular complexity index is 637. The molecule has 24 heavy (non-hydrogen) atoms. The van der Waals surface area contributed by atoms with Crippen molar-refractivity contribution in [2.24, 2.45) is 0 Å². The molecule has 1 aromatic heterocycles. The van der Waals surface area contributed by atoms with Gasteiger partial charge in [-0.15, -0.1) is 0 Å². The van der Waals surface area contributed by atoms with Crippen LogP contribution in [0.3, 0.4) is 0 Å². The minimum Gasteiger partial charge on any atom is -0.396 e. The third-order valence-corrected chi connectivity index (χ3v) is 5.15. The second-order valence-corrected chi connectivity index (χ2v) is 6.74. The molecule has 3 rings (SSSR count). The quantitative estimate of drug-likeness (QED) is 0.808. The Morgan fingerprint density at radius 3 is 2.88 bits per heavy atom. The number of fused-ring (bicyclic) bond motifs is 1. The van der Waals surface area contributed by atoms with Crippen LogP contribution in [-0.4, -0.2) is 39.3 Å². The predicted molar refractivity (Wildman–Crippen MR) is 97.0 cm³/mol. The Kier molecular flexibility index (Phi) is 6.05. The number of aromatic nitrogens is 2. The lowest BCUT2D eigenvalue weighted by Crippen LogP contribution is -2.34. The van der Waals surface area contributed by atoms with E-state index in [0.717, 1.165) is 38.3 Å². The van der Waals surface area contributed by atoms with E-state index in [4.69, 9.17) is 0 Å². The number of nitrogens with zero attached hydrogens (tertiary/aromatic N) is 3. The maximum Gasteiger partial charge on any atom is 0.105 e. The second kappa shape index (κ2) is 8.45. The maximum absolute atomic E-state index is 9.28. The lowest BCUT2D eigenvalue weighted by molar-refractivity contribution is 0.156. The van der Waals surface area contributed by atoms with E-state index in [1.54, 1.807) is 0 Å². The van der Waals surface area contributed by atoms with E-state index in [1.807, 2.05) is 6.20 Å². The molecule has 0 aliphatic heterocycles. The van der Waals surface area contributed by atoms with Crippen LogP contribution >= 0.6 is 0 Å². The van der Waals surface area contributed by atoms with Gasteiger partial charge >= 0.3 is 0 Å². The molecule has 130 valence electrons. The first-order chi connectivity index (χ1) is 11.8. The lowest BCUT2D eigenvalue weighted by atomic mass is 9.86. The average Bonchev–Trinajstić information content (AvgIpc) is 3.02. The zero-order valence-electron chi connectivity index (χ0n) is 14.7. The topological polar surface area (TPSA) is 41.3 Å². The number of aryl methyl sites for hydroxylation is 3. The molecule has 0 radical (unpaired) electrons. The minimum atomic E-state index is 0.269. The third-order valence-electron chi connectivity index (χ3n) is 5.15. The van der Waals surface area contributed by atoms with Gasteiger partial charge < -0.3 is 9.67 Å². The number of hydrogen-bond donors (Lipinski definition) is 1. The van der Waals surface area contributed by atoms with Gasteiger partial charge in [0.25, 0.3) is 0 Å². The van der Waals surface area contributed by atoms with Crippen molar-refractivity contribution in [2.75, 3.05) is 19.7 Å². The number of benzene rings is 1. The van der Waals surface area contributed by atoms with E-state index < -0.39 is 0 Å². The summed E-state index contributed by atoms with van der Waals surface area (Å²) in [6.07, 6.45) is 9.59. The fourth-order valence-electron chi connectivity index (χ4n) is 3.89. The van der Waals surface area contributed by atoms with Crippen molar-refractivity contribution in [3.63, 3.8) is 0 Å². The Morgan fingerprint density at radius 1 is 1.25 bits per heavy atom. The molecule has 0 spiro atoms. The largest absolute Gasteiger partial charge is 0.396 e.